The molecule has 0 unspecified atom stereocenters. The number of halogens is 1. The molecular formula is C11H6INO4. The van der Waals surface area contributed by atoms with E-state index in [4.69, 9.17) is 5.11 Å². The second-order valence-electron chi connectivity index (χ2n) is 3.31. The molecule has 1 N–H and O–H groups in total. The minimum absolute atomic E-state index is 0.0673. The maximum absolute atomic E-state index is 11.5. The number of benzene rings is 1. The van der Waals surface area contributed by atoms with E-state index in [1.165, 1.54) is 12.1 Å². The van der Waals surface area contributed by atoms with Gasteiger partial charge in [0.1, 0.15) is 0 Å². The number of carboxylic acid groups (broad SMARTS) is 1. The fourth-order valence-corrected chi connectivity index (χ4v) is 2.00. The Morgan fingerprint density at radius 1 is 1.18 bits per heavy atom. The van der Waals surface area contributed by atoms with Gasteiger partial charge in [-0.05, 0) is 40.8 Å². The molecule has 1 heterocycles. The number of amides is 2. The second kappa shape index (κ2) is 4.28. The van der Waals surface area contributed by atoms with Gasteiger partial charge in [-0.3, -0.25) is 9.59 Å². The highest BCUT2D eigenvalue weighted by atomic mass is 127. The molecule has 0 fully saturated rings. The van der Waals surface area contributed by atoms with Gasteiger partial charge in [-0.15, -0.1) is 0 Å². The largest absolute Gasteiger partial charge is 0.478 e. The molecule has 2 amide bonds. The first-order chi connectivity index (χ1) is 8.00. The van der Waals surface area contributed by atoms with Crippen molar-refractivity contribution in [3.05, 3.63) is 39.5 Å². The van der Waals surface area contributed by atoms with Crippen molar-refractivity contribution in [2.75, 3.05) is 4.90 Å². The van der Waals surface area contributed by atoms with Crippen LogP contribution in [0.25, 0.3) is 0 Å². The van der Waals surface area contributed by atoms with Crippen LogP contribution in [0.1, 0.15) is 10.4 Å². The highest BCUT2D eigenvalue weighted by Gasteiger charge is 2.28. The number of carbonyl (C=O) groups excluding carboxylic acids is 2. The van der Waals surface area contributed by atoms with Gasteiger partial charge in [-0.1, -0.05) is 0 Å². The lowest BCUT2D eigenvalue weighted by molar-refractivity contribution is -0.119. The lowest BCUT2D eigenvalue weighted by atomic mass is 10.1. The molecule has 86 valence electrons. The number of imide groups is 1. The van der Waals surface area contributed by atoms with E-state index >= 15 is 0 Å². The number of hydrogen-bond donors (Lipinski definition) is 1. The van der Waals surface area contributed by atoms with E-state index in [2.05, 4.69) is 0 Å². The summed E-state index contributed by atoms with van der Waals surface area (Å²) in [6.45, 7) is 0. The Balaban J connectivity index is 2.56. The van der Waals surface area contributed by atoms with Gasteiger partial charge in [0.2, 0.25) is 0 Å². The molecule has 0 atom stereocenters. The van der Waals surface area contributed by atoms with E-state index < -0.39 is 17.8 Å². The molecule has 0 saturated carbocycles. The molecule has 2 rings (SSSR count). The van der Waals surface area contributed by atoms with E-state index in [0.29, 0.717) is 0 Å². The third-order valence-electron chi connectivity index (χ3n) is 2.24. The summed E-state index contributed by atoms with van der Waals surface area (Å²) in [5.74, 6) is -2.23. The predicted octanol–water partition coefficient (Wildman–Crippen LogP) is 1.42. The molecule has 0 spiro atoms. The van der Waals surface area contributed by atoms with Crippen molar-refractivity contribution in [3.63, 3.8) is 0 Å². The molecule has 0 radical (unpaired) electrons. The minimum Gasteiger partial charge on any atom is -0.478 e. The van der Waals surface area contributed by atoms with Gasteiger partial charge in [-0.2, -0.15) is 0 Å². The predicted molar refractivity (Wildman–Crippen MR) is 67.8 cm³/mol. The Labute approximate surface area is 110 Å². The SMILES string of the molecule is O=C(O)c1cc(I)ccc1N1C(=O)C=CC1=O. The second-order valence-corrected chi connectivity index (χ2v) is 4.56. The van der Waals surface area contributed by atoms with Gasteiger partial charge < -0.3 is 5.11 Å². The number of nitrogens with zero attached hydrogens (tertiary/aromatic N) is 1. The van der Waals surface area contributed by atoms with Crippen LogP contribution in [0.2, 0.25) is 0 Å². The van der Waals surface area contributed by atoms with Crippen LogP contribution in [0.4, 0.5) is 5.69 Å². The molecule has 1 aromatic carbocycles. The number of anilines is 1. The van der Waals surface area contributed by atoms with Crippen molar-refractivity contribution in [2.45, 2.75) is 0 Å². The normalized spacial score (nSPS) is 14.5. The van der Waals surface area contributed by atoms with Gasteiger partial charge in [0.25, 0.3) is 11.8 Å². The molecule has 1 aliphatic rings. The van der Waals surface area contributed by atoms with Crippen molar-refractivity contribution < 1.29 is 19.5 Å². The Bertz CT molecular complexity index is 547. The first-order valence-corrected chi connectivity index (χ1v) is 5.67. The van der Waals surface area contributed by atoms with Crippen LogP contribution >= 0.6 is 22.6 Å². The maximum Gasteiger partial charge on any atom is 0.337 e. The van der Waals surface area contributed by atoms with Gasteiger partial charge >= 0.3 is 5.97 Å². The fraction of sp³-hybridized carbons (Fsp3) is 0. The van der Waals surface area contributed by atoms with E-state index in [1.54, 1.807) is 6.07 Å². The highest BCUT2D eigenvalue weighted by Crippen LogP contribution is 2.25. The van der Waals surface area contributed by atoms with Crippen molar-refractivity contribution >= 4 is 46.1 Å². The van der Waals surface area contributed by atoms with Gasteiger partial charge in [-0.25, -0.2) is 9.69 Å². The first-order valence-electron chi connectivity index (χ1n) is 4.59. The van der Waals surface area contributed by atoms with Gasteiger partial charge in [0.05, 0.1) is 11.3 Å². The van der Waals surface area contributed by atoms with E-state index in [-0.39, 0.29) is 11.3 Å². The summed E-state index contributed by atoms with van der Waals surface area (Å²) < 4.78 is 0.718. The molecule has 1 aromatic rings. The zero-order chi connectivity index (χ0) is 12.6. The molecular weight excluding hydrogens is 337 g/mol. The molecule has 5 nitrogen and oxygen atoms in total. The molecule has 0 aliphatic carbocycles. The number of aromatic carboxylic acids is 1. The van der Waals surface area contributed by atoms with Crippen LogP contribution in [0, 0.1) is 3.57 Å². The average Bonchev–Trinajstić information content (AvgIpc) is 2.59. The van der Waals surface area contributed by atoms with Crippen LogP contribution in [-0.4, -0.2) is 22.9 Å². The van der Waals surface area contributed by atoms with Crippen molar-refractivity contribution in [2.24, 2.45) is 0 Å². The molecule has 0 saturated heterocycles. The van der Waals surface area contributed by atoms with Crippen LogP contribution in [0.5, 0.6) is 0 Å². The summed E-state index contributed by atoms with van der Waals surface area (Å²) in [6.07, 6.45) is 2.23. The Morgan fingerprint density at radius 2 is 1.76 bits per heavy atom. The number of carbonyl (C=O) groups is 3. The third kappa shape index (κ3) is 2.07. The summed E-state index contributed by atoms with van der Waals surface area (Å²) in [5.41, 5.74) is 0.0280. The first kappa shape index (κ1) is 11.8. The van der Waals surface area contributed by atoms with Crippen LogP contribution in [0.15, 0.2) is 30.4 Å². The summed E-state index contributed by atoms with van der Waals surface area (Å²) in [4.78, 5) is 34.9. The summed E-state index contributed by atoms with van der Waals surface area (Å²) in [6, 6.07) is 4.51. The lowest BCUT2D eigenvalue weighted by Crippen LogP contribution is -2.31. The monoisotopic (exact) mass is 343 g/mol. The van der Waals surface area contributed by atoms with Gasteiger partial charge in [0.15, 0.2) is 0 Å². The Kier molecular flexibility index (Phi) is 2.97. The van der Waals surface area contributed by atoms with Gasteiger partial charge in [0, 0.05) is 15.7 Å². The number of carboxylic acids is 1. The topological polar surface area (TPSA) is 74.7 Å². The third-order valence-corrected chi connectivity index (χ3v) is 2.91. The number of rotatable bonds is 2. The quantitative estimate of drug-likeness (QED) is 0.651. The zero-order valence-corrected chi connectivity index (χ0v) is 10.5. The lowest BCUT2D eigenvalue weighted by Gasteiger charge is -2.16. The average molecular weight is 343 g/mol. The van der Waals surface area contributed by atoms with Crippen LogP contribution in [-0.2, 0) is 9.59 Å². The Hall–Kier alpha value is -1.70. The Morgan fingerprint density at radius 3 is 2.29 bits per heavy atom. The standard InChI is InChI=1S/C11H6INO4/c12-6-1-2-8(7(5-6)11(16)17)13-9(14)3-4-10(13)15/h1-5H,(H,16,17). The van der Waals surface area contributed by atoms with E-state index in [0.717, 1.165) is 20.6 Å². The van der Waals surface area contributed by atoms with E-state index in [1.807, 2.05) is 22.6 Å². The maximum atomic E-state index is 11.5. The van der Waals surface area contributed by atoms with Crippen LogP contribution < -0.4 is 4.90 Å². The molecule has 6 heteroatoms. The molecule has 0 bridgehead atoms. The summed E-state index contributed by atoms with van der Waals surface area (Å²) >= 11 is 1.96. The van der Waals surface area contributed by atoms with Crippen molar-refractivity contribution in [1.82, 2.24) is 0 Å². The molecule has 0 aromatic heterocycles. The molecule has 1 aliphatic heterocycles. The molecule has 17 heavy (non-hydrogen) atoms. The van der Waals surface area contributed by atoms with Crippen molar-refractivity contribution in [1.29, 1.82) is 0 Å². The smallest absolute Gasteiger partial charge is 0.337 e. The zero-order valence-electron chi connectivity index (χ0n) is 8.38. The number of hydrogen-bond acceptors (Lipinski definition) is 3. The highest BCUT2D eigenvalue weighted by molar-refractivity contribution is 14.1. The van der Waals surface area contributed by atoms with Crippen LogP contribution in [0.3, 0.4) is 0 Å². The summed E-state index contributed by atoms with van der Waals surface area (Å²) in [7, 11) is 0. The summed E-state index contributed by atoms with van der Waals surface area (Å²) in [5, 5.41) is 9.05. The fourth-order valence-electron chi connectivity index (χ4n) is 1.51. The van der Waals surface area contributed by atoms with Crippen molar-refractivity contribution in [3.8, 4) is 0 Å². The van der Waals surface area contributed by atoms with E-state index in [9.17, 15) is 14.4 Å². The minimum atomic E-state index is -1.17.